The lowest BCUT2D eigenvalue weighted by atomic mass is 10.1. The number of hydrogen-bond acceptors (Lipinski definition) is 4. The van der Waals surface area contributed by atoms with Crippen molar-refractivity contribution in [2.24, 2.45) is 0 Å². The first-order valence-corrected chi connectivity index (χ1v) is 10.5. The Morgan fingerprint density at radius 3 is 2.66 bits per heavy atom. The number of nitrogens with zero attached hydrogens (tertiary/aromatic N) is 3. The molecule has 0 aliphatic rings. The van der Waals surface area contributed by atoms with Crippen molar-refractivity contribution in [3.05, 3.63) is 83.1 Å². The van der Waals surface area contributed by atoms with Crippen LogP contribution in [0.25, 0.3) is 33.8 Å². The van der Waals surface area contributed by atoms with Gasteiger partial charge in [-0.3, -0.25) is 14.5 Å². The summed E-state index contributed by atoms with van der Waals surface area (Å²) in [5, 5.41) is 10.0. The van der Waals surface area contributed by atoms with Crippen LogP contribution >= 0.6 is 12.2 Å². The summed E-state index contributed by atoms with van der Waals surface area (Å²) in [6.45, 7) is 2.07. The summed E-state index contributed by atoms with van der Waals surface area (Å²) >= 11 is 5.35. The molecular weight excluding hydrogens is 420 g/mol. The molecule has 0 spiro atoms. The fourth-order valence-corrected chi connectivity index (χ4v) is 3.76. The van der Waals surface area contributed by atoms with Crippen molar-refractivity contribution in [1.29, 1.82) is 0 Å². The summed E-state index contributed by atoms with van der Waals surface area (Å²) in [5.74, 6) is 1.18. The minimum absolute atomic E-state index is 0.0490. The smallest absolute Gasteiger partial charge is 0.244 e. The Bertz CT molecular complexity index is 1450. The standard InChI is InChI=1S/C24H20N6OS/c1-15-9-11-16(12-10-15)23-28-29-24(32)30(23)14-21(31)25-18-6-4-5-17(13-18)22-26-19-7-2-3-8-20(19)27-22/h2-13H,14H2,1H3,(H,25,31)(H,26,27)(H,29,32). The van der Waals surface area contributed by atoms with E-state index in [0.29, 0.717) is 16.3 Å². The average molecular weight is 441 g/mol. The molecule has 5 aromatic rings. The third kappa shape index (κ3) is 3.95. The monoisotopic (exact) mass is 440 g/mol. The summed E-state index contributed by atoms with van der Waals surface area (Å²) in [7, 11) is 0. The molecule has 0 fully saturated rings. The Balaban J connectivity index is 1.36. The maximum atomic E-state index is 12.8. The molecule has 2 aromatic heterocycles. The quantitative estimate of drug-likeness (QED) is 0.332. The molecule has 0 bridgehead atoms. The predicted octanol–water partition coefficient (Wildman–Crippen LogP) is 5.10. The van der Waals surface area contributed by atoms with Crippen LogP contribution in [0.5, 0.6) is 0 Å². The molecule has 0 aliphatic heterocycles. The number of aryl methyl sites for hydroxylation is 1. The average Bonchev–Trinajstić information content (AvgIpc) is 3.39. The summed E-state index contributed by atoms with van der Waals surface area (Å²) in [4.78, 5) is 20.8. The first-order chi connectivity index (χ1) is 15.6. The van der Waals surface area contributed by atoms with Crippen molar-refractivity contribution >= 4 is 34.8 Å². The molecule has 0 saturated heterocycles. The SMILES string of the molecule is Cc1ccc(-c2n[nH]c(=S)n2CC(=O)Nc2cccc(-c3nc4ccccc4[nH]3)c2)cc1. The molecule has 8 heteroatoms. The Labute approximate surface area is 189 Å². The van der Waals surface area contributed by atoms with Gasteiger partial charge in [-0.1, -0.05) is 54.1 Å². The maximum absolute atomic E-state index is 12.8. The van der Waals surface area contributed by atoms with Crippen LogP contribution in [0.4, 0.5) is 5.69 Å². The number of nitrogens with one attached hydrogen (secondary N) is 3. The Kier molecular flexibility index (Phi) is 5.12. The zero-order valence-corrected chi connectivity index (χ0v) is 18.1. The number of amides is 1. The molecule has 32 heavy (non-hydrogen) atoms. The number of anilines is 1. The molecule has 0 atom stereocenters. The van der Waals surface area contributed by atoms with Gasteiger partial charge in [0.25, 0.3) is 0 Å². The molecule has 0 unspecified atom stereocenters. The lowest BCUT2D eigenvalue weighted by Gasteiger charge is -2.09. The lowest BCUT2D eigenvalue weighted by molar-refractivity contribution is -0.116. The maximum Gasteiger partial charge on any atom is 0.244 e. The van der Waals surface area contributed by atoms with Crippen LogP contribution in [-0.2, 0) is 11.3 Å². The van der Waals surface area contributed by atoms with Crippen LogP contribution in [0.15, 0.2) is 72.8 Å². The van der Waals surface area contributed by atoms with Crippen LogP contribution in [-0.4, -0.2) is 30.6 Å². The van der Waals surface area contributed by atoms with Gasteiger partial charge in [0.2, 0.25) is 5.91 Å². The van der Waals surface area contributed by atoms with E-state index < -0.39 is 0 Å². The Hall–Kier alpha value is -4.04. The van der Waals surface area contributed by atoms with Crippen LogP contribution in [0.1, 0.15) is 5.56 Å². The number of rotatable bonds is 5. The first kappa shape index (κ1) is 19.9. The topological polar surface area (TPSA) is 91.4 Å². The molecule has 158 valence electrons. The number of carbonyl (C=O) groups excluding carboxylic acids is 1. The van der Waals surface area contributed by atoms with E-state index in [4.69, 9.17) is 12.2 Å². The summed E-state index contributed by atoms with van der Waals surface area (Å²) in [5.41, 5.74) is 5.48. The zero-order valence-electron chi connectivity index (χ0n) is 17.3. The normalized spacial score (nSPS) is 11.0. The zero-order chi connectivity index (χ0) is 22.1. The minimum Gasteiger partial charge on any atom is -0.338 e. The van der Waals surface area contributed by atoms with Crippen LogP contribution < -0.4 is 5.32 Å². The molecule has 7 nitrogen and oxygen atoms in total. The van der Waals surface area contributed by atoms with Gasteiger partial charge in [-0.25, -0.2) is 4.98 Å². The van der Waals surface area contributed by atoms with Crippen LogP contribution in [0.2, 0.25) is 0 Å². The van der Waals surface area contributed by atoms with Crippen molar-refractivity contribution in [2.75, 3.05) is 5.32 Å². The molecular formula is C24H20N6OS. The number of imidazole rings is 1. The highest BCUT2D eigenvalue weighted by atomic mass is 32.1. The van der Waals surface area contributed by atoms with Crippen LogP contribution in [0, 0.1) is 11.7 Å². The first-order valence-electron chi connectivity index (χ1n) is 10.1. The third-order valence-electron chi connectivity index (χ3n) is 5.18. The highest BCUT2D eigenvalue weighted by Crippen LogP contribution is 2.23. The Morgan fingerprint density at radius 2 is 1.84 bits per heavy atom. The molecule has 0 radical (unpaired) electrons. The molecule has 0 aliphatic carbocycles. The number of H-pyrrole nitrogens is 2. The second-order valence-corrected chi connectivity index (χ2v) is 7.92. The van der Waals surface area contributed by atoms with E-state index in [2.05, 4.69) is 25.5 Å². The fraction of sp³-hybridized carbons (Fsp3) is 0.0833. The molecule has 0 saturated carbocycles. The Morgan fingerprint density at radius 1 is 1.03 bits per heavy atom. The summed E-state index contributed by atoms with van der Waals surface area (Å²) in [6, 6.07) is 23.4. The summed E-state index contributed by atoms with van der Waals surface area (Å²) < 4.78 is 2.09. The van der Waals surface area contributed by atoms with Crippen molar-refractivity contribution in [2.45, 2.75) is 13.5 Å². The van der Waals surface area contributed by atoms with Crippen LogP contribution in [0.3, 0.4) is 0 Å². The van der Waals surface area contributed by atoms with Gasteiger partial charge in [-0.05, 0) is 43.4 Å². The lowest BCUT2D eigenvalue weighted by Crippen LogP contribution is -2.19. The molecule has 2 heterocycles. The van der Waals surface area contributed by atoms with Gasteiger partial charge >= 0.3 is 0 Å². The van der Waals surface area contributed by atoms with E-state index in [1.165, 1.54) is 0 Å². The van der Waals surface area contributed by atoms with Crippen molar-refractivity contribution in [1.82, 2.24) is 24.7 Å². The summed E-state index contributed by atoms with van der Waals surface area (Å²) in [6.07, 6.45) is 0. The highest BCUT2D eigenvalue weighted by Gasteiger charge is 2.13. The number of hydrogen-bond donors (Lipinski definition) is 3. The van der Waals surface area contributed by atoms with Gasteiger partial charge in [-0.15, -0.1) is 0 Å². The van der Waals surface area contributed by atoms with E-state index >= 15 is 0 Å². The third-order valence-corrected chi connectivity index (χ3v) is 5.49. The van der Waals surface area contributed by atoms with Crippen molar-refractivity contribution in [3.63, 3.8) is 0 Å². The second kappa shape index (κ2) is 8.24. The van der Waals surface area contributed by atoms with Gasteiger partial charge in [0.1, 0.15) is 12.4 Å². The second-order valence-electron chi connectivity index (χ2n) is 7.54. The molecule has 3 N–H and O–H groups in total. The van der Waals surface area contributed by atoms with E-state index in [0.717, 1.165) is 33.5 Å². The van der Waals surface area contributed by atoms with E-state index in [-0.39, 0.29) is 12.5 Å². The number of aromatic amines is 2. The fourth-order valence-electron chi connectivity index (χ4n) is 3.57. The van der Waals surface area contributed by atoms with Gasteiger partial charge < -0.3 is 10.3 Å². The minimum atomic E-state index is -0.197. The van der Waals surface area contributed by atoms with Gasteiger partial charge in [0.05, 0.1) is 11.0 Å². The number of carbonyl (C=O) groups is 1. The molecule has 1 amide bonds. The molecule has 5 rings (SSSR count). The van der Waals surface area contributed by atoms with Crippen molar-refractivity contribution < 1.29 is 4.79 Å². The molecule has 3 aromatic carbocycles. The van der Waals surface area contributed by atoms with E-state index in [1.807, 2.05) is 79.7 Å². The van der Waals surface area contributed by atoms with Crippen molar-refractivity contribution in [3.8, 4) is 22.8 Å². The largest absolute Gasteiger partial charge is 0.338 e. The van der Waals surface area contributed by atoms with Gasteiger partial charge in [-0.2, -0.15) is 5.10 Å². The van der Waals surface area contributed by atoms with Gasteiger partial charge in [0, 0.05) is 16.8 Å². The number of aromatic nitrogens is 5. The van der Waals surface area contributed by atoms with E-state index in [1.54, 1.807) is 4.57 Å². The number of benzene rings is 3. The number of fused-ring (bicyclic) bond motifs is 1. The predicted molar refractivity (Wildman–Crippen MR) is 128 cm³/mol. The van der Waals surface area contributed by atoms with E-state index in [9.17, 15) is 4.79 Å². The number of para-hydroxylation sites is 2. The highest BCUT2D eigenvalue weighted by molar-refractivity contribution is 7.71. The van der Waals surface area contributed by atoms with Gasteiger partial charge in [0.15, 0.2) is 10.6 Å².